The fraction of sp³-hybridized carbons (Fsp3) is 0.263. The van der Waals surface area contributed by atoms with Crippen LogP contribution < -0.4 is 14.8 Å². The lowest BCUT2D eigenvalue weighted by Crippen LogP contribution is -2.20. The summed E-state index contributed by atoms with van der Waals surface area (Å²) in [5, 5.41) is 3.39. The summed E-state index contributed by atoms with van der Waals surface area (Å²) in [5.41, 5.74) is 3.18. The van der Waals surface area contributed by atoms with E-state index in [1.807, 2.05) is 45.0 Å². The van der Waals surface area contributed by atoms with Gasteiger partial charge in [-0.15, -0.1) is 0 Å². The Morgan fingerprint density at radius 1 is 1.08 bits per heavy atom. The molecule has 0 aliphatic heterocycles. The van der Waals surface area contributed by atoms with Crippen LogP contribution in [-0.2, 0) is 4.79 Å². The Morgan fingerprint density at radius 3 is 2.44 bits per heavy atom. The van der Waals surface area contributed by atoms with Gasteiger partial charge in [0.2, 0.25) is 0 Å². The van der Waals surface area contributed by atoms with Crippen LogP contribution in [0.2, 0.25) is 0 Å². The number of ether oxygens (including phenoxy) is 2. The van der Waals surface area contributed by atoms with Crippen molar-refractivity contribution in [2.24, 2.45) is 0 Å². The minimum absolute atomic E-state index is 0.0992. The van der Waals surface area contributed by atoms with Gasteiger partial charge in [-0.3, -0.25) is 10.1 Å². The molecule has 0 unspecified atom stereocenters. The molecule has 0 aliphatic rings. The van der Waals surface area contributed by atoms with Gasteiger partial charge in [0.05, 0.1) is 16.8 Å². The molecule has 0 spiro atoms. The van der Waals surface area contributed by atoms with E-state index in [2.05, 4.69) is 16.4 Å². The molecule has 0 bridgehead atoms. The Balaban J connectivity index is 1.67. The van der Waals surface area contributed by atoms with E-state index in [0.717, 1.165) is 21.3 Å². The van der Waals surface area contributed by atoms with E-state index in [9.17, 15) is 4.79 Å². The number of carbonyl (C=O) groups excluding carboxylic acids is 1. The van der Waals surface area contributed by atoms with E-state index < -0.39 is 0 Å². The van der Waals surface area contributed by atoms with E-state index in [0.29, 0.717) is 23.2 Å². The highest BCUT2D eigenvalue weighted by atomic mass is 32.1. The van der Waals surface area contributed by atoms with Gasteiger partial charge in [-0.2, -0.15) is 0 Å². The number of carbonyl (C=O) groups is 1. The summed E-state index contributed by atoms with van der Waals surface area (Å²) >= 11 is 1.48. The molecule has 6 heteroatoms. The largest absolute Gasteiger partial charge is 0.490 e. The molecular weight excluding hydrogens is 336 g/mol. The second-order valence-electron chi connectivity index (χ2n) is 5.61. The number of aromatic nitrogens is 1. The molecule has 0 radical (unpaired) electrons. The Morgan fingerprint density at radius 2 is 1.76 bits per heavy atom. The fourth-order valence-electron chi connectivity index (χ4n) is 2.46. The molecule has 0 saturated carbocycles. The predicted octanol–water partition coefficient (Wildman–Crippen LogP) is 4.33. The van der Waals surface area contributed by atoms with Crippen LogP contribution in [-0.4, -0.2) is 24.1 Å². The lowest BCUT2D eigenvalue weighted by atomic mass is 10.1. The third-order valence-electron chi connectivity index (χ3n) is 3.70. The van der Waals surface area contributed by atoms with Crippen molar-refractivity contribution in [3.63, 3.8) is 0 Å². The van der Waals surface area contributed by atoms with Crippen molar-refractivity contribution < 1.29 is 14.3 Å². The molecule has 1 amide bonds. The van der Waals surface area contributed by atoms with Gasteiger partial charge in [-0.25, -0.2) is 4.98 Å². The number of nitrogens with zero attached hydrogens (tertiary/aromatic N) is 1. The highest BCUT2D eigenvalue weighted by Gasteiger charge is 2.12. The van der Waals surface area contributed by atoms with Crippen LogP contribution in [0.1, 0.15) is 18.1 Å². The lowest BCUT2D eigenvalue weighted by Gasteiger charge is -2.10. The maximum atomic E-state index is 12.2. The van der Waals surface area contributed by atoms with Gasteiger partial charge < -0.3 is 9.47 Å². The summed E-state index contributed by atoms with van der Waals surface area (Å²) in [7, 11) is 0. The van der Waals surface area contributed by atoms with E-state index in [1.54, 1.807) is 6.07 Å². The van der Waals surface area contributed by atoms with Gasteiger partial charge in [0.15, 0.2) is 23.2 Å². The Bertz CT molecular complexity index is 866. The molecule has 0 saturated heterocycles. The first-order valence-corrected chi connectivity index (χ1v) is 8.91. The minimum Gasteiger partial charge on any atom is -0.490 e. The van der Waals surface area contributed by atoms with Crippen molar-refractivity contribution >= 4 is 32.6 Å². The summed E-state index contributed by atoms with van der Waals surface area (Å²) in [6.45, 7) is 6.40. The van der Waals surface area contributed by atoms with Crippen LogP contribution in [0, 0.1) is 13.8 Å². The van der Waals surface area contributed by atoms with Crippen LogP contribution >= 0.6 is 11.3 Å². The normalized spacial score (nSPS) is 10.7. The van der Waals surface area contributed by atoms with Crippen LogP contribution in [0.5, 0.6) is 11.5 Å². The summed E-state index contributed by atoms with van der Waals surface area (Å²) in [6.07, 6.45) is 0. The third kappa shape index (κ3) is 3.91. The monoisotopic (exact) mass is 356 g/mol. The fourth-order valence-corrected chi connectivity index (χ4v) is 3.48. The lowest BCUT2D eigenvalue weighted by molar-refractivity contribution is -0.118. The van der Waals surface area contributed by atoms with Crippen LogP contribution in [0.4, 0.5) is 5.13 Å². The number of thiazole rings is 1. The average Bonchev–Trinajstić information content (AvgIpc) is 3.03. The number of anilines is 1. The zero-order valence-electron chi connectivity index (χ0n) is 14.5. The number of hydrogen-bond donors (Lipinski definition) is 1. The number of amides is 1. The first kappa shape index (κ1) is 17.2. The molecule has 0 fully saturated rings. The van der Waals surface area contributed by atoms with Gasteiger partial charge >= 0.3 is 0 Å². The smallest absolute Gasteiger partial charge is 0.264 e. The van der Waals surface area contributed by atoms with Crippen molar-refractivity contribution in [2.45, 2.75) is 20.8 Å². The molecule has 25 heavy (non-hydrogen) atoms. The minimum atomic E-state index is -0.249. The molecule has 0 atom stereocenters. The van der Waals surface area contributed by atoms with Crippen molar-refractivity contribution in [1.82, 2.24) is 4.98 Å². The summed E-state index contributed by atoms with van der Waals surface area (Å²) < 4.78 is 12.2. The highest BCUT2D eigenvalue weighted by molar-refractivity contribution is 7.22. The molecular formula is C19H20N2O3S. The number of benzene rings is 2. The zero-order valence-corrected chi connectivity index (χ0v) is 15.3. The van der Waals surface area contributed by atoms with E-state index in [1.165, 1.54) is 11.3 Å². The number of rotatable bonds is 6. The van der Waals surface area contributed by atoms with Crippen LogP contribution in [0.25, 0.3) is 10.2 Å². The van der Waals surface area contributed by atoms with Crippen molar-refractivity contribution in [2.75, 3.05) is 18.5 Å². The van der Waals surface area contributed by atoms with Crippen molar-refractivity contribution in [3.8, 4) is 11.5 Å². The molecule has 0 aliphatic carbocycles. The topological polar surface area (TPSA) is 60.5 Å². The quantitative estimate of drug-likeness (QED) is 0.714. The summed E-state index contributed by atoms with van der Waals surface area (Å²) in [6, 6.07) is 11.4. The average molecular weight is 356 g/mol. The number of para-hydroxylation sites is 2. The number of fused-ring (bicyclic) bond motifs is 1. The van der Waals surface area contributed by atoms with Gasteiger partial charge in [0, 0.05) is 0 Å². The Hall–Kier alpha value is -2.60. The van der Waals surface area contributed by atoms with Crippen LogP contribution in [0.3, 0.4) is 0 Å². The Labute approximate surface area is 150 Å². The predicted molar refractivity (Wildman–Crippen MR) is 101 cm³/mol. The SMILES string of the molecule is CCOc1ccccc1OCC(=O)Nc1nc2c(C)ccc(C)c2s1. The standard InChI is InChI=1S/C19H20N2O3S/c1-4-23-14-7-5-6-8-15(14)24-11-16(22)20-19-21-17-12(2)9-10-13(3)18(17)25-19/h5-10H,4,11H2,1-3H3,(H,20,21,22). The third-order valence-corrected chi connectivity index (χ3v) is 4.80. The molecule has 3 rings (SSSR count). The first-order chi connectivity index (χ1) is 12.1. The van der Waals surface area contributed by atoms with E-state index >= 15 is 0 Å². The van der Waals surface area contributed by atoms with Gasteiger partial charge in [-0.05, 0) is 44.0 Å². The van der Waals surface area contributed by atoms with Gasteiger partial charge in [0.25, 0.3) is 5.91 Å². The number of nitrogens with one attached hydrogen (secondary N) is 1. The van der Waals surface area contributed by atoms with Crippen molar-refractivity contribution in [3.05, 3.63) is 47.5 Å². The molecule has 1 N–H and O–H groups in total. The molecule has 130 valence electrons. The number of hydrogen-bond acceptors (Lipinski definition) is 5. The second-order valence-corrected chi connectivity index (χ2v) is 6.61. The molecule has 5 nitrogen and oxygen atoms in total. The summed E-state index contributed by atoms with van der Waals surface area (Å²) in [4.78, 5) is 16.7. The number of aryl methyl sites for hydroxylation is 2. The first-order valence-electron chi connectivity index (χ1n) is 8.09. The Kier molecular flexibility index (Phi) is 5.19. The molecule has 2 aromatic carbocycles. The highest BCUT2D eigenvalue weighted by Crippen LogP contribution is 2.31. The maximum Gasteiger partial charge on any atom is 0.264 e. The van der Waals surface area contributed by atoms with Crippen LogP contribution in [0.15, 0.2) is 36.4 Å². The van der Waals surface area contributed by atoms with Gasteiger partial charge in [-0.1, -0.05) is 35.6 Å². The molecule has 1 heterocycles. The maximum absolute atomic E-state index is 12.2. The molecule has 1 aromatic heterocycles. The molecule has 3 aromatic rings. The summed E-state index contributed by atoms with van der Waals surface area (Å²) in [5.74, 6) is 0.931. The van der Waals surface area contributed by atoms with Crippen molar-refractivity contribution in [1.29, 1.82) is 0 Å². The second kappa shape index (κ2) is 7.53. The van der Waals surface area contributed by atoms with E-state index in [-0.39, 0.29) is 12.5 Å². The van der Waals surface area contributed by atoms with E-state index in [4.69, 9.17) is 9.47 Å². The zero-order chi connectivity index (χ0) is 17.8. The van der Waals surface area contributed by atoms with Gasteiger partial charge in [0.1, 0.15) is 0 Å².